The zero-order valence-electron chi connectivity index (χ0n) is 10.2. The minimum atomic E-state index is -0.0415. The van der Waals surface area contributed by atoms with Gasteiger partial charge in [-0.3, -0.25) is 4.79 Å². The van der Waals surface area contributed by atoms with Gasteiger partial charge in [-0.05, 0) is 19.2 Å². The fraction of sp³-hybridized carbons (Fsp3) is 0.214. The minimum Gasteiger partial charge on any atom is -0.507 e. The van der Waals surface area contributed by atoms with E-state index in [1.54, 1.807) is 12.1 Å². The molecule has 0 atom stereocenters. The number of aromatic hydroxyl groups is 1. The van der Waals surface area contributed by atoms with Crippen molar-refractivity contribution in [3.8, 4) is 5.75 Å². The first-order valence-corrected chi connectivity index (χ1v) is 5.87. The third kappa shape index (κ3) is 2.60. The van der Waals surface area contributed by atoms with E-state index in [9.17, 15) is 9.90 Å². The minimum absolute atomic E-state index is 0.0415. The molecule has 0 saturated carbocycles. The molecule has 0 spiro atoms. The van der Waals surface area contributed by atoms with Gasteiger partial charge in [0.2, 0.25) is 5.91 Å². The standard InChI is InChI=1S/C14H16N2O2/c1-15-9-8-14(18)16-12-6-2-5-11-10(12)4-3-7-13(11)17/h2-7,15,17H,8-9H2,1H3,(H,16,18). The maximum absolute atomic E-state index is 11.7. The number of phenolic OH excluding ortho intramolecular Hbond substituents is 1. The first-order chi connectivity index (χ1) is 8.72. The molecule has 3 N–H and O–H groups in total. The fourth-order valence-electron chi connectivity index (χ4n) is 1.85. The van der Waals surface area contributed by atoms with E-state index in [2.05, 4.69) is 10.6 Å². The van der Waals surface area contributed by atoms with E-state index in [4.69, 9.17) is 0 Å². The Bertz CT molecular complexity index is 567. The topological polar surface area (TPSA) is 61.4 Å². The lowest BCUT2D eigenvalue weighted by Gasteiger charge is -2.09. The van der Waals surface area contributed by atoms with Crippen molar-refractivity contribution in [3.63, 3.8) is 0 Å². The maximum Gasteiger partial charge on any atom is 0.225 e. The maximum atomic E-state index is 11.7. The number of phenols is 1. The van der Waals surface area contributed by atoms with Gasteiger partial charge in [0.1, 0.15) is 5.75 Å². The van der Waals surface area contributed by atoms with E-state index in [1.165, 1.54) is 0 Å². The Hall–Kier alpha value is -2.07. The molecule has 0 aliphatic rings. The number of benzene rings is 2. The van der Waals surface area contributed by atoms with Crippen molar-refractivity contribution < 1.29 is 9.90 Å². The van der Waals surface area contributed by atoms with Gasteiger partial charge >= 0.3 is 0 Å². The summed E-state index contributed by atoms with van der Waals surface area (Å²) in [7, 11) is 1.81. The summed E-state index contributed by atoms with van der Waals surface area (Å²) in [5.74, 6) is 0.180. The quantitative estimate of drug-likeness (QED) is 0.771. The number of carbonyl (C=O) groups is 1. The second-order valence-electron chi connectivity index (χ2n) is 4.08. The average molecular weight is 244 g/mol. The molecule has 94 valence electrons. The Morgan fingerprint density at radius 2 is 1.89 bits per heavy atom. The predicted molar refractivity (Wildman–Crippen MR) is 72.8 cm³/mol. The highest BCUT2D eigenvalue weighted by atomic mass is 16.3. The van der Waals surface area contributed by atoms with Crippen LogP contribution < -0.4 is 10.6 Å². The zero-order valence-corrected chi connectivity index (χ0v) is 10.2. The number of anilines is 1. The van der Waals surface area contributed by atoms with Gasteiger partial charge in [-0.15, -0.1) is 0 Å². The van der Waals surface area contributed by atoms with Crippen LogP contribution in [0.3, 0.4) is 0 Å². The van der Waals surface area contributed by atoms with Crippen LogP contribution in [0.5, 0.6) is 5.75 Å². The lowest BCUT2D eigenvalue weighted by molar-refractivity contribution is -0.116. The van der Waals surface area contributed by atoms with Crippen LogP contribution in [0, 0.1) is 0 Å². The van der Waals surface area contributed by atoms with Crippen molar-refractivity contribution >= 4 is 22.4 Å². The van der Waals surface area contributed by atoms with Crippen LogP contribution in [0.15, 0.2) is 36.4 Å². The normalized spacial score (nSPS) is 10.5. The summed E-state index contributed by atoms with van der Waals surface area (Å²) in [5.41, 5.74) is 0.726. The van der Waals surface area contributed by atoms with Crippen LogP contribution in [0.1, 0.15) is 6.42 Å². The van der Waals surface area contributed by atoms with Gasteiger partial charge in [0.15, 0.2) is 0 Å². The van der Waals surface area contributed by atoms with Gasteiger partial charge in [0.25, 0.3) is 0 Å². The third-order valence-corrected chi connectivity index (χ3v) is 2.78. The highest BCUT2D eigenvalue weighted by Crippen LogP contribution is 2.29. The zero-order chi connectivity index (χ0) is 13.0. The van der Waals surface area contributed by atoms with Crippen molar-refractivity contribution in [2.45, 2.75) is 6.42 Å². The Morgan fingerprint density at radius 1 is 1.17 bits per heavy atom. The number of hydrogen-bond donors (Lipinski definition) is 3. The van der Waals surface area contributed by atoms with E-state index < -0.39 is 0 Å². The number of carbonyl (C=O) groups excluding carboxylic acids is 1. The predicted octanol–water partition coefficient (Wildman–Crippen LogP) is 2.09. The van der Waals surface area contributed by atoms with Crippen molar-refractivity contribution in [1.82, 2.24) is 5.32 Å². The number of hydrogen-bond acceptors (Lipinski definition) is 3. The molecule has 4 nitrogen and oxygen atoms in total. The summed E-state index contributed by atoms with van der Waals surface area (Å²) in [6, 6.07) is 10.8. The summed E-state index contributed by atoms with van der Waals surface area (Å²) >= 11 is 0. The van der Waals surface area contributed by atoms with Crippen molar-refractivity contribution in [1.29, 1.82) is 0 Å². The van der Waals surface area contributed by atoms with Gasteiger partial charge in [-0.2, -0.15) is 0 Å². The first kappa shape index (κ1) is 12.4. The van der Waals surface area contributed by atoms with E-state index in [-0.39, 0.29) is 11.7 Å². The first-order valence-electron chi connectivity index (χ1n) is 5.87. The van der Waals surface area contributed by atoms with E-state index >= 15 is 0 Å². The van der Waals surface area contributed by atoms with Gasteiger partial charge in [0.05, 0.1) is 0 Å². The Balaban J connectivity index is 2.28. The molecular formula is C14H16N2O2. The second kappa shape index (κ2) is 5.51. The van der Waals surface area contributed by atoms with Crippen molar-refractivity contribution in [2.24, 2.45) is 0 Å². The molecule has 2 rings (SSSR count). The van der Waals surface area contributed by atoms with Crippen LogP contribution >= 0.6 is 0 Å². The molecule has 0 fully saturated rings. The summed E-state index contributed by atoms with van der Waals surface area (Å²) in [4.78, 5) is 11.7. The summed E-state index contributed by atoms with van der Waals surface area (Å²) in [5, 5.41) is 17.1. The summed E-state index contributed by atoms with van der Waals surface area (Å²) < 4.78 is 0. The molecule has 0 saturated heterocycles. The van der Waals surface area contributed by atoms with E-state index in [0.717, 1.165) is 16.5 Å². The van der Waals surface area contributed by atoms with Crippen LogP contribution in [-0.2, 0) is 4.79 Å². The molecule has 2 aromatic carbocycles. The number of nitrogens with one attached hydrogen (secondary N) is 2. The fourth-order valence-corrected chi connectivity index (χ4v) is 1.85. The lowest BCUT2D eigenvalue weighted by Crippen LogP contribution is -2.18. The molecular weight excluding hydrogens is 228 g/mol. The number of amides is 1. The molecule has 0 heterocycles. The average Bonchev–Trinajstić information content (AvgIpc) is 2.38. The summed E-state index contributed by atoms with van der Waals surface area (Å²) in [6.07, 6.45) is 0.422. The van der Waals surface area contributed by atoms with E-state index in [1.807, 2.05) is 31.3 Å². The summed E-state index contributed by atoms with van der Waals surface area (Å²) in [6.45, 7) is 0.641. The van der Waals surface area contributed by atoms with Gasteiger partial charge in [-0.25, -0.2) is 0 Å². The SMILES string of the molecule is CNCCC(=O)Nc1cccc2c(O)cccc12. The monoisotopic (exact) mass is 244 g/mol. The van der Waals surface area contributed by atoms with Gasteiger partial charge in [0, 0.05) is 29.4 Å². The van der Waals surface area contributed by atoms with Crippen LogP contribution in [0.2, 0.25) is 0 Å². The largest absolute Gasteiger partial charge is 0.507 e. The van der Waals surface area contributed by atoms with Gasteiger partial charge in [-0.1, -0.05) is 24.3 Å². The number of fused-ring (bicyclic) bond motifs is 1. The van der Waals surface area contributed by atoms with E-state index in [0.29, 0.717) is 13.0 Å². The molecule has 0 unspecified atom stereocenters. The molecule has 0 radical (unpaired) electrons. The Labute approximate surface area is 106 Å². The number of rotatable bonds is 4. The Kier molecular flexibility index (Phi) is 3.79. The van der Waals surface area contributed by atoms with Crippen molar-refractivity contribution in [3.05, 3.63) is 36.4 Å². The molecule has 0 aliphatic heterocycles. The van der Waals surface area contributed by atoms with Gasteiger partial charge < -0.3 is 15.7 Å². The third-order valence-electron chi connectivity index (χ3n) is 2.78. The lowest BCUT2D eigenvalue weighted by atomic mass is 10.1. The molecule has 2 aromatic rings. The molecule has 0 aliphatic carbocycles. The highest BCUT2D eigenvalue weighted by Gasteiger charge is 2.06. The van der Waals surface area contributed by atoms with Crippen LogP contribution in [0.4, 0.5) is 5.69 Å². The second-order valence-corrected chi connectivity index (χ2v) is 4.08. The highest BCUT2D eigenvalue weighted by molar-refractivity contribution is 6.03. The Morgan fingerprint density at radius 3 is 2.67 bits per heavy atom. The molecule has 1 amide bonds. The van der Waals surface area contributed by atoms with Crippen LogP contribution in [0.25, 0.3) is 10.8 Å². The smallest absolute Gasteiger partial charge is 0.225 e. The van der Waals surface area contributed by atoms with Crippen LogP contribution in [-0.4, -0.2) is 24.6 Å². The molecule has 0 bridgehead atoms. The molecule has 4 heteroatoms. The van der Waals surface area contributed by atoms with Crippen molar-refractivity contribution in [2.75, 3.05) is 18.9 Å². The molecule has 0 aromatic heterocycles. The molecule has 18 heavy (non-hydrogen) atoms.